The average molecular weight is 644 g/mol. The van der Waals surface area contributed by atoms with Gasteiger partial charge in [0.25, 0.3) is 0 Å². The monoisotopic (exact) mass is 643 g/mol. The Morgan fingerprint density at radius 2 is 0.756 bits per heavy atom. The molecule has 0 aromatic heterocycles. The Balaban J connectivity index is 1.66. The summed E-state index contributed by atoms with van der Waals surface area (Å²) in [5.41, 5.74) is -4.37. The summed E-state index contributed by atoms with van der Waals surface area (Å²) in [5, 5.41) is 1.15. The third-order valence-corrected chi connectivity index (χ3v) is 15.1. The SMILES string of the molecule is O=C1C(P(=O)(c2ccccc2)c2ccccc2)C(P(=O)(c2ccccc2)c2ccccc2)C(=O)N1c1ccc(C(F)(F)F)cc1. The van der Waals surface area contributed by atoms with Crippen molar-refractivity contribution in [1.29, 1.82) is 0 Å². The number of alkyl halides is 3. The highest BCUT2D eigenvalue weighted by Crippen LogP contribution is 2.63. The first-order chi connectivity index (χ1) is 21.6. The second-order valence-corrected chi connectivity index (χ2v) is 16.4. The minimum absolute atomic E-state index is 0.133. The minimum atomic E-state index is -4.64. The highest BCUT2D eigenvalue weighted by atomic mass is 31.2. The molecular weight excluding hydrogens is 617 g/mol. The average Bonchev–Trinajstić information content (AvgIpc) is 3.35. The molecule has 5 nitrogen and oxygen atoms in total. The molecule has 1 heterocycles. The summed E-state index contributed by atoms with van der Waals surface area (Å²) in [5.74, 6) is -1.79. The maximum absolute atomic E-state index is 15.8. The fraction of sp³-hybridized carbons (Fsp3) is 0.0857. The number of amides is 2. The molecule has 1 saturated heterocycles. The van der Waals surface area contributed by atoms with Crippen molar-refractivity contribution in [3.63, 3.8) is 0 Å². The van der Waals surface area contributed by atoms with Crippen LogP contribution in [0.4, 0.5) is 18.9 Å². The summed E-state index contributed by atoms with van der Waals surface area (Å²) in [7, 11) is -8.23. The van der Waals surface area contributed by atoms with E-state index in [1.807, 2.05) is 0 Å². The van der Waals surface area contributed by atoms with E-state index < -0.39 is 49.2 Å². The van der Waals surface area contributed by atoms with Crippen LogP contribution in [0.15, 0.2) is 146 Å². The van der Waals surface area contributed by atoms with Gasteiger partial charge < -0.3 is 9.13 Å². The number of nitrogens with zero attached hydrogens (tertiary/aromatic N) is 1. The predicted molar refractivity (Wildman–Crippen MR) is 171 cm³/mol. The van der Waals surface area contributed by atoms with Crippen molar-refractivity contribution in [2.75, 3.05) is 4.90 Å². The van der Waals surface area contributed by atoms with Gasteiger partial charge in [0.15, 0.2) is 14.3 Å². The summed E-state index contributed by atoms with van der Waals surface area (Å²) < 4.78 is 71.8. The largest absolute Gasteiger partial charge is 0.416 e. The van der Waals surface area contributed by atoms with Gasteiger partial charge in [-0.1, -0.05) is 121 Å². The summed E-state index contributed by atoms with van der Waals surface area (Å²) in [6, 6.07) is 36.8. The molecule has 1 aliphatic heterocycles. The van der Waals surface area contributed by atoms with E-state index in [0.717, 1.165) is 29.2 Å². The quantitative estimate of drug-likeness (QED) is 0.153. The Kier molecular flexibility index (Phi) is 7.98. The summed E-state index contributed by atoms with van der Waals surface area (Å²) in [6.07, 6.45) is -4.64. The molecular formula is C35H26F3NO4P2. The van der Waals surface area contributed by atoms with E-state index in [1.165, 1.54) is 0 Å². The first kappa shape index (κ1) is 30.5. The van der Waals surface area contributed by atoms with E-state index >= 15 is 9.13 Å². The molecule has 5 aromatic rings. The maximum Gasteiger partial charge on any atom is 0.416 e. The Bertz CT molecular complexity index is 1730. The van der Waals surface area contributed by atoms with Crippen LogP contribution in [0.1, 0.15) is 5.56 Å². The third-order valence-electron chi connectivity index (χ3n) is 8.04. The molecule has 2 amide bonds. The Hall–Kier alpha value is -4.51. The molecule has 5 aromatic carbocycles. The molecule has 0 spiro atoms. The standard InChI is InChI=1S/C35H26F3NO4P2/c36-35(37,38)25-21-23-26(24-22-25)39-33(40)31(44(42,27-13-5-1-6-14-27)28-15-7-2-8-16-28)32(34(39)41)45(43,29-17-9-3-10-18-29)30-19-11-4-12-20-30/h1-24,31-32H. The van der Waals surface area contributed by atoms with E-state index in [2.05, 4.69) is 0 Å². The number of carbonyl (C=O) groups excluding carboxylic acids is 2. The first-order valence-electron chi connectivity index (χ1n) is 14.0. The number of rotatable bonds is 7. The van der Waals surface area contributed by atoms with Gasteiger partial charge in [0.1, 0.15) is 11.3 Å². The van der Waals surface area contributed by atoms with Crippen LogP contribution in [0.2, 0.25) is 0 Å². The van der Waals surface area contributed by atoms with Gasteiger partial charge in [-0.2, -0.15) is 13.2 Å². The van der Waals surface area contributed by atoms with Crippen molar-refractivity contribution in [3.8, 4) is 0 Å². The second-order valence-electron chi connectivity index (χ2n) is 10.6. The van der Waals surface area contributed by atoms with E-state index in [0.29, 0.717) is 0 Å². The highest BCUT2D eigenvalue weighted by Gasteiger charge is 2.63. The van der Waals surface area contributed by atoms with Crippen LogP contribution in [-0.2, 0) is 24.9 Å². The molecule has 0 bridgehead atoms. The van der Waals surface area contributed by atoms with Gasteiger partial charge in [-0.05, 0) is 24.3 Å². The van der Waals surface area contributed by atoms with Crippen LogP contribution in [0.5, 0.6) is 0 Å². The summed E-state index contributed by atoms with van der Waals surface area (Å²) >= 11 is 0. The fourth-order valence-electron chi connectivity index (χ4n) is 5.94. The van der Waals surface area contributed by atoms with E-state index in [1.54, 1.807) is 121 Å². The van der Waals surface area contributed by atoms with Crippen LogP contribution in [0.3, 0.4) is 0 Å². The van der Waals surface area contributed by atoms with E-state index in [4.69, 9.17) is 0 Å². The van der Waals surface area contributed by atoms with Gasteiger partial charge in [-0.15, -0.1) is 0 Å². The number of carbonyl (C=O) groups is 2. The van der Waals surface area contributed by atoms with Gasteiger partial charge >= 0.3 is 6.18 Å². The lowest BCUT2D eigenvalue weighted by atomic mass is 10.2. The lowest BCUT2D eigenvalue weighted by molar-refractivity contribution is -0.137. The molecule has 0 aliphatic carbocycles. The molecule has 45 heavy (non-hydrogen) atoms. The lowest BCUT2D eigenvalue weighted by Gasteiger charge is -2.32. The molecule has 10 heteroatoms. The molecule has 2 atom stereocenters. The number of benzene rings is 5. The zero-order chi connectivity index (χ0) is 31.8. The van der Waals surface area contributed by atoms with Crippen LogP contribution in [0, 0.1) is 0 Å². The van der Waals surface area contributed by atoms with Crippen molar-refractivity contribution in [2.45, 2.75) is 17.5 Å². The number of hydrogen-bond donors (Lipinski definition) is 0. The number of hydrogen-bond acceptors (Lipinski definition) is 4. The number of anilines is 1. The maximum atomic E-state index is 15.8. The van der Waals surface area contributed by atoms with Crippen LogP contribution in [-0.4, -0.2) is 23.1 Å². The molecule has 0 N–H and O–H groups in total. The van der Waals surface area contributed by atoms with Crippen molar-refractivity contribution >= 4 is 53.0 Å². The van der Waals surface area contributed by atoms with Gasteiger partial charge in [0.2, 0.25) is 11.8 Å². The summed E-state index contributed by atoms with van der Waals surface area (Å²) in [6.45, 7) is 0. The van der Waals surface area contributed by atoms with Gasteiger partial charge in [-0.3, -0.25) is 9.59 Å². The molecule has 0 radical (unpaired) electrons. The Labute approximate surface area is 258 Å². The van der Waals surface area contributed by atoms with Crippen molar-refractivity contribution in [3.05, 3.63) is 151 Å². The van der Waals surface area contributed by atoms with E-state index in [9.17, 15) is 22.8 Å². The van der Waals surface area contributed by atoms with Crippen LogP contribution in [0.25, 0.3) is 0 Å². The zero-order valence-electron chi connectivity index (χ0n) is 23.6. The normalized spacial score (nSPS) is 17.4. The van der Waals surface area contributed by atoms with Gasteiger partial charge in [-0.25, -0.2) is 4.90 Å². The zero-order valence-corrected chi connectivity index (χ0v) is 25.4. The van der Waals surface area contributed by atoms with Crippen LogP contribution >= 0.6 is 14.3 Å². The summed E-state index contributed by atoms with van der Waals surface area (Å²) in [4.78, 5) is 30.2. The Morgan fingerprint density at radius 1 is 0.467 bits per heavy atom. The van der Waals surface area contributed by atoms with E-state index in [-0.39, 0.29) is 26.9 Å². The highest BCUT2D eigenvalue weighted by molar-refractivity contribution is 7.84. The van der Waals surface area contributed by atoms with Crippen molar-refractivity contribution in [2.24, 2.45) is 0 Å². The fourth-order valence-corrected chi connectivity index (χ4v) is 13.3. The minimum Gasteiger partial charge on any atom is -0.313 e. The molecule has 0 saturated carbocycles. The topological polar surface area (TPSA) is 71.5 Å². The van der Waals surface area contributed by atoms with Crippen molar-refractivity contribution < 1.29 is 31.9 Å². The molecule has 6 rings (SSSR count). The number of imide groups is 1. The molecule has 226 valence electrons. The molecule has 1 fully saturated rings. The van der Waals surface area contributed by atoms with Crippen LogP contribution < -0.4 is 26.1 Å². The smallest absolute Gasteiger partial charge is 0.313 e. The first-order valence-corrected chi connectivity index (χ1v) is 17.6. The number of halogens is 3. The molecule has 1 aliphatic rings. The lowest BCUT2D eigenvalue weighted by Crippen LogP contribution is -2.41. The molecule has 2 unspecified atom stereocenters. The van der Waals surface area contributed by atoms with Gasteiger partial charge in [0.05, 0.1) is 11.3 Å². The Morgan fingerprint density at radius 3 is 1.02 bits per heavy atom. The third kappa shape index (κ3) is 5.18. The van der Waals surface area contributed by atoms with Crippen molar-refractivity contribution in [1.82, 2.24) is 0 Å². The second kappa shape index (κ2) is 11.8. The predicted octanol–water partition coefficient (Wildman–Crippen LogP) is 6.34. The van der Waals surface area contributed by atoms with Gasteiger partial charge in [0, 0.05) is 21.2 Å².